The average Bonchev–Trinajstić information content (AvgIpc) is 3.24. The summed E-state index contributed by atoms with van der Waals surface area (Å²) < 4.78 is 1.69. The maximum atomic E-state index is 12.1. The fourth-order valence-corrected chi connectivity index (χ4v) is 2.80. The van der Waals surface area contributed by atoms with Gasteiger partial charge in [0, 0.05) is 18.9 Å². The third-order valence-corrected chi connectivity index (χ3v) is 4.46. The van der Waals surface area contributed by atoms with E-state index in [0.717, 1.165) is 31.8 Å². The third-order valence-electron chi connectivity index (χ3n) is 4.46. The number of anilines is 1. The van der Waals surface area contributed by atoms with Gasteiger partial charge in [-0.3, -0.25) is 10.1 Å². The molecular weight excluding hydrogens is 254 g/mol. The quantitative estimate of drug-likeness (QED) is 0.869. The molecule has 0 aromatic carbocycles. The number of piperidine rings is 1. The Morgan fingerprint density at radius 2 is 2.05 bits per heavy atom. The van der Waals surface area contributed by atoms with E-state index in [4.69, 9.17) is 0 Å². The van der Waals surface area contributed by atoms with E-state index in [-0.39, 0.29) is 11.8 Å². The van der Waals surface area contributed by atoms with Crippen molar-refractivity contribution in [3.05, 3.63) is 5.82 Å². The molecule has 2 N–H and O–H groups in total. The van der Waals surface area contributed by atoms with E-state index >= 15 is 0 Å². The Morgan fingerprint density at radius 1 is 1.35 bits per heavy atom. The molecule has 110 valence electrons. The summed E-state index contributed by atoms with van der Waals surface area (Å²) in [6, 6.07) is 0. The highest BCUT2D eigenvalue weighted by atomic mass is 16.2. The van der Waals surface area contributed by atoms with Gasteiger partial charge in [-0.25, -0.2) is 4.68 Å². The second kappa shape index (κ2) is 5.52. The summed E-state index contributed by atoms with van der Waals surface area (Å²) in [5.41, 5.74) is 0. The highest BCUT2D eigenvalue weighted by Gasteiger charge is 2.33. The lowest BCUT2D eigenvalue weighted by atomic mass is 9.98. The first-order valence-corrected chi connectivity index (χ1v) is 7.57. The number of amides is 1. The maximum Gasteiger partial charge on any atom is 0.229 e. The molecule has 1 aromatic heterocycles. The van der Waals surface area contributed by atoms with Gasteiger partial charge in [0.15, 0.2) is 5.82 Å². The molecule has 3 rings (SSSR count). The van der Waals surface area contributed by atoms with Crippen molar-refractivity contribution >= 4 is 11.9 Å². The monoisotopic (exact) mass is 277 g/mol. The van der Waals surface area contributed by atoms with E-state index in [2.05, 4.69) is 20.7 Å². The number of aryl methyl sites for hydroxylation is 1. The van der Waals surface area contributed by atoms with Gasteiger partial charge in [0.05, 0.1) is 0 Å². The first-order chi connectivity index (χ1) is 9.65. The number of carbonyl (C=O) groups is 1. The summed E-state index contributed by atoms with van der Waals surface area (Å²) in [5, 5.41) is 10.7. The predicted molar refractivity (Wildman–Crippen MR) is 76.4 cm³/mol. The molecule has 0 radical (unpaired) electrons. The molecule has 1 atom stereocenters. The Bertz CT molecular complexity index is 488. The summed E-state index contributed by atoms with van der Waals surface area (Å²) in [5.74, 6) is 2.56. The Balaban J connectivity index is 1.66. The van der Waals surface area contributed by atoms with Gasteiger partial charge in [-0.05, 0) is 44.7 Å². The first kappa shape index (κ1) is 13.5. The predicted octanol–water partition coefficient (Wildman–Crippen LogP) is 1.27. The van der Waals surface area contributed by atoms with E-state index in [9.17, 15) is 4.79 Å². The zero-order valence-electron chi connectivity index (χ0n) is 12.2. The number of nitrogens with zero attached hydrogens (tertiary/aromatic N) is 3. The zero-order chi connectivity index (χ0) is 14.1. The van der Waals surface area contributed by atoms with E-state index in [0.29, 0.717) is 17.8 Å². The molecule has 1 unspecified atom stereocenters. The molecule has 1 aliphatic heterocycles. The lowest BCUT2D eigenvalue weighted by Gasteiger charge is -2.19. The molecule has 6 nitrogen and oxygen atoms in total. The van der Waals surface area contributed by atoms with Gasteiger partial charge >= 0.3 is 0 Å². The SMILES string of the molecule is CC(C(=O)Nc1nc(C2CCNCC2)nn1C)C1CC1. The van der Waals surface area contributed by atoms with Crippen LogP contribution >= 0.6 is 0 Å². The van der Waals surface area contributed by atoms with Crippen molar-refractivity contribution in [3.8, 4) is 0 Å². The van der Waals surface area contributed by atoms with Crippen molar-refractivity contribution < 1.29 is 4.79 Å². The number of nitrogens with one attached hydrogen (secondary N) is 2. The van der Waals surface area contributed by atoms with Gasteiger partial charge < -0.3 is 5.32 Å². The van der Waals surface area contributed by atoms with Gasteiger partial charge in [-0.15, -0.1) is 0 Å². The smallest absolute Gasteiger partial charge is 0.229 e. The first-order valence-electron chi connectivity index (χ1n) is 7.57. The van der Waals surface area contributed by atoms with Crippen LogP contribution in [-0.4, -0.2) is 33.8 Å². The van der Waals surface area contributed by atoms with Crippen LogP contribution in [0, 0.1) is 11.8 Å². The van der Waals surface area contributed by atoms with Crippen molar-refractivity contribution in [1.82, 2.24) is 20.1 Å². The number of rotatable bonds is 4. The molecule has 0 spiro atoms. The molecule has 20 heavy (non-hydrogen) atoms. The largest absolute Gasteiger partial charge is 0.317 e. The molecule has 6 heteroatoms. The van der Waals surface area contributed by atoms with Crippen molar-refractivity contribution in [2.45, 2.75) is 38.5 Å². The van der Waals surface area contributed by atoms with E-state index < -0.39 is 0 Å². The summed E-state index contributed by atoms with van der Waals surface area (Å²) in [6.07, 6.45) is 4.48. The number of hydrogen-bond acceptors (Lipinski definition) is 4. The maximum absolute atomic E-state index is 12.1. The molecular formula is C14H23N5O. The molecule has 2 aliphatic rings. The van der Waals surface area contributed by atoms with Crippen LogP contribution in [0.4, 0.5) is 5.95 Å². The van der Waals surface area contributed by atoms with Crippen LogP contribution < -0.4 is 10.6 Å². The van der Waals surface area contributed by atoms with Crippen molar-refractivity contribution in [3.63, 3.8) is 0 Å². The van der Waals surface area contributed by atoms with Gasteiger partial charge in [-0.2, -0.15) is 10.1 Å². The van der Waals surface area contributed by atoms with Crippen molar-refractivity contribution in [1.29, 1.82) is 0 Å². The molecule has 1 amide bonds. The van der Waals surface area contributed by atoms with Crippen LogP contribution in [-0.2, 0) is 11.8 Å². The Kier molecular flexibility index (Phi) is 3.74. The molecule has 2 fully saturated rings. The average molecular weight is 277 g/mol. The Labute approximate surface area is 119 Å². The van der Waals surface area contributed by atoms with Crippen molar-refractivity contribution in [2.75, 3.05) is 18.4 Å². The number of hydrogen-bond donors (Lipinski definition) is 2. The Hall–Kier alpha value is -1.43. The second-order valence-electron chi connectivity index (χ2n) is 6.06. The van der Waals surface area contributed by atoms with E-state index in [1.54, 1.807) is 4.68 Å². The minimum Gasteiger partial charge on any atom is -0.317 e. The van der Waals surface area contributed by atoms with Crippen LogP contribution in [0.2, 0.25) is 0 Å². The Morgan fingerprint density at radius 3 is 2.70 bits per heavy atom. The standard InChI is InChI=1S/C14H23N5O/c1-9(10-3-4-10)13(20)17-14-16-12(18-19(14)2)11-5-7-15-8-6-11/h9-11,15H,3-8H2,1-2H3,(H,16,17,18,20). The molecule has 1 saturated carbocycles. The van der Waals surface area contributed by atoms with Crippen LogP contribution in [0.1, 0.15) is 44.3 Å². The minimum atomic E-state index is 0.0693. The topological polar surface area (TPSA) is 71.8 Å². The zero-order valence-corrected chi connectivity index (χ0v) is 12.2. The van der Waals surface area contributed by atoms with Gasteiger partial charge in [0.1, 0.15) is 0 Å². The molecule has 0 bridgehead atoms. The summed E-state index contributed by atoms with van der Waals surface area (Å²) in [6.45, 7) is 4.03. The van der Waals surface area contributed by atoms with Crippen molar-refractivity contribution in [2.24, 2.45) is 18.9 Å². The highest BCUT2D eigenvalue weighted by molar-refractivity contribution is 5.91. The highest BCUT2D eigenvalue weighted by Crippen LogP contribution is 2.37. The third kappa shape index (κ3) is 2.85. The number of aromatic nitrogens is 3. The van der Waals surface area contributed by atoms with Gasteiger partial charge in [0.2, 0.25) is 11.9 Å². The van der Waals surface area contributed by atoms with E-state index in [1.807, 2.05) is 14.0 Å². The van der Waals surface area contributed by atoms with E-state index in [1.165, 1.54) is 12.8 Å². The summed E-state index contributed by atoms with van der Waals surface area (Å²) >= 11 is 0. The van der Waals surface area contributed by atoms with Crippen LogP contribution in [0.5, 0.6) is 0 Å². The van der Waals surface area contributed by atoms with Gasteiger partial charge in [-0.1, -0.05) is 6.92 Å². The fourth-order valence-electron chi connectivity index (χ4n) is 2.80. The van der Waals surface area contributed by atoms with Crippen LogP contribution in [0.3, 0.4) is 0 Å². The molecule has 1 aromatic rings. The second-order valence-corrected chi connectivity index (χ2v) is 6.06. The van der Waals surface area contributed by atoms with Gasteiger partial charge in [0.25, 0.3) is 0 Å². The minimum absolute atomic E-state index is 0.0693. The van der Waals surface area contributed by atoms with Crippen LogP contribution in [0.15, 0.2) is 0 Å². The lowest BCUT2D eigenvalue weighted by molar-refractivity contribution is -0.120. The summed E-state index contributed by atoms with van der Waals surface area (Å²) in [4.78, 5) is 16.7. The van der Waals surface area contributed by atoms with Crippen LogP contribution in [0.25, 0.3) is 0 Å². The summed E-state index contributed by atoms with van der Waals surface area (Å²) in [7, 11) is 1.84. The number of carbonyl (C=O) groups excluding carboxylic acids is 1. The molecule has 1 aliphatic carbocycles. The fraction of sp³-hybridized carbons (Fsp3) is 0.786. The normalized spacial score (nSPS) is 21.7. The lowest BCUT2D eigenvalue weighted by Crippen LogP contribution is -2.27. The molecule has 1 saturated heterocycles. The molecule has 2 heterocycles.